The monoisotopic (exact) mass is 395 g/mol. The summed E-state index contributed by atoms with van der Waals surface area (Å²) in [4.78, 5) is 12.1. The molecule has 1 amide bonds. The standard InChI is InChI=1S/C18H19BrFNO3/c1-23-9-10-24-12-17(22)21-18(13-5-3-2-4-6-13)15-8-7-14(19)11-16(15)20/h2-8,11,18H,9-10,12H2,1H3,(H,21,22). The fraction of sp³-hybridized carbons (Fsp3) is 0.278. The lowest BCUT2D eigenvalue weighted by molar-refractivity contribution is -0.126. The van der Waals surface area contributed by atoms with E-state index in [-0.39, 0.29) is 18.3 Å². The molecule has 0 heterocycles. The molecule has 24 heavy (non-hydrogen) atoms. The lowest BCUT2D eigenvalue weighted by atomic mass is 9.98. The number of carbonyl (C=O) groups excluding carboxylic acids is 1. The van der Waals surface area contributed by atoms with Gasteiger partial charge in [0.1, 0.15) is 12.4 Å². The molecule has 2 aromatic rings. The van der Waals surface area contributed by atoms with Crippen molar-refractivity contribution in [1.29, 1.82) is 0 Å². The Morgan fingerprint density at radius 3 is 2.62 bits per heavy atom. The number of hydrogen-bond donors (Lipinski definition) is 1. The van der Waals surface area contributed by atoms with E-state index in [9.17, 15) is 9.18 Å². The van der Waals surface area contributed by atoms with Gasteiger partial charge in [0.2, 0.25) is 5.91 Å². The average molecular weight is 396 g/mol. The molecule has 0 fully saturated rings. The minimum atomic E-state index is -0.585. The highest BCUT2D eigenvalue weighted by Crippen LogP contribution is 2.26. The molecule has 0 aliphatic carbocycles. The molecule has 4 nitrogen and oxygen atoms in total. The molecule has 0 spiro atoms. The Labute approximate surface area is 149 Å². The molecule has 0 aromatic heterocycles. The topological polar surface area (TPSA) is 47.6 Å². The van der Waals surface area contributed by atoms with Gasteiger partial charge in [-0.1, -0.05) is 52.3 Å². The van der Waals surface area contributed by atoms with E-state index in [4.69, 9.17) is 9.47 Å². The number of nitrogens with one attached hydrogen (secondary N) is 1. The summed E-state index contributed by atoms with van der Waals surface area (Å²) in [5.41, 5.74) is 1.19. The molecule has 1 N–H and O–H groups in total. The zero-order valence-electron chi connectivity index (χ0n) is 13.3. The lowest BCUT2D eigenvalue weighted by Crippen LogP contribution is -2.33. The summed E-state index contributed by atoms with van der Waals surface area (Å²) >= 11 is 3.24. The van der Waals surface area contributed by atoms with Gasteiger partial charge in [-0.25, -0.2) is 4.39 Å². The Hall–Kier alpha value is -1.76. The number of ether oxygens (including phenoxy) is 2. The number of halogens is 2. The van der Waals surface area contributed by atoms with Crippen LogP contribution in [0.5, 0.6) is 0 Å². The van der Waals surface area contributed by atoms with E-state index in [1.807, 2.05) is 30.3 Å². The average Bonchev–Trinajstić information content (AvgIpc) is 2.58. The predicted octanol–water partition coefficient (Wildman–Crippen LogP) is 3.46. The summed E-state index contributed by atoms with van der Waals surface area (Å²) in [5.74, 6) is -0.707. The quantitative estimate of drug-likeness (QED) is 0.696. The molecule has 0 aliphatic heterocycles. The normalized spacial score (nSPS) is 12.0. The van der Waals surface area contributed by atoms with Crippen LogP contribution in [-0.4, -0.2) is 32.8 Å². The summed E-state index contributed by atoms with van der Waals surface area (Å²) in [7, 11) is 1.56. The Bertz CT molecular complexity index is 667. The maximum absolute atomic E-state index is 14.4. The van der Waals surface area contributed by atoms with E-state index < -0.39 is 6.04 Å². The molecule has 2 rings (SSSR count). The third-order valence-electron chi connectivity index (χ3n) is 3.38. The third-order valence-corrected chi connectivity index (χ3v) is 3.87. The number of carbonyl (C=O) groups is 1. The number of hydrogen-bond acceptors (Lipinski definition) is 3. The van der Waals surface area contributed by atoms with Gasteiger partial charge >= 0.3 is 0 Å². The first-order valence-electron chi connectivity index (χ1n) is 7.47. The van der Waals surface area contributed by atoms with Gasteiger partial charge in [0.15, 0.2) is 0 Å². The number of rotatable bonds is 8. The van der Waals surface area contributed by atoms with Gasteiger partial charge in [0.05, 0.1) is 19.3 Å². The summed E-state index contributed by atoms with van der Waals surface area (Å²) in [6.07, 6.45) is 0. The highest BCUT2D eigenvalue weighted by molar-refractivity contribution is 9.10. The molecule has 6 heteroatoms. The van der Waals surface area contributed by atoms with Gasteiger partial charge < -0.3 is 14.8 Å². The van der Waals surface area contributed by atoms with E-state index in [1.54, 1.807) is 19.2 Å². The number of methoxy groups -OCH3 is 1. The minimum Gasteiger partial charge on any atom is -0.382 e. The van der Waals surface area contributed by atoms with Crippen molar-refractivity contribution in [3.05, 3.63) is 69.9 Å². The first-order chi connectivity index (χ1) is 11.6. The molecule has 2 aromatic carbocycles. The van der Waals surface area contributed by atoms with Crippen molar-refractivity contribution >= 4 is 21.8 Å². The zero-order valence-corrected chi connectivity index (χ0v) is 14.9. The molecule has 0 bridgehead atoms. The first kappa shape index (κ1) is 18.6. The van der Waals surface area contributed by atoms with Crippen LogP contribution in [0.25, 0.3) is 0 Å². The first-order valence-corrected chi connectivity index (χ1v) is 8.27. The smallest absolute Gasteiger partial charge is 0.246 e. The van der Waals surface area contributed by atoms with Gasteiger partial charge in [-0.3, -0.25) is 4.79 Å². The summed E-state index contributed by atoms with van der Waals surface area (Å²) in [5, 5.41) is 2.83. The van der Waals surface area contributed by atoms with Crippen LogP contribution in [0.15, 0.2) is 53.0 Å². The second-order valence-corrected chi connectivity index (χ2v) is 6.04. The van der Waals surface area contributed by atoms with Gasteiger partial charge in [-0.05, 0) is 17.7 Å². The largest absolute Gasteiger partial charge is 0.382 e. The second-order valence-electron chi connectivity index (χ2n) is 5.12. The van der Waals surface area contributed by atoms with Crippen molar-refractivity contribution in [2.75, 3.05) is 26.9 Å². The molecule has 1 unspecified atom stereocenters. The molecule has 0 radical (unpaired) electrons. The van der Waals surface area contributed by atoms with Crippen LogP contribution in [-0.2, 0) is 14.3 Å². The molecule has 128 valence electrons. The van der Waals surface area contributed by atoms with Gasteiger partial charge in [0.25, 0.3) is 0 Å². The molecular formula is C18H19BrFNO3. The summed E-state index contributed by atoms with van der Waals surface area (Å²) in [6, 6.07) is 13.5. The van der Waals surface area contributed by atoms with E-state index in [0.717, 1.165) is 5.56 Å². The maximum Gasteiger partial charge on any atom is 0.246 e. The molecular weight excluding hydrogens is 377 g/mol. The number of benzene rings is 2. The van der Waals surface area contributed by atoms with Crippen molar-refractivity contribution in [3.63, 3.8) is 0 Å². The highest BCUT2D eigenvalue weighted by Gasteiger charge is 2.20. The second kappa shape index (κ2) is 9.52. The van der Waals surface area contributed by atoms with Crippen molar-refractivity contribution < 1.29 is 18.7 Å². The molecule has 1 atom stereocenters. The Kier molecular flexibility index (Phi) is 7.36. The van der Waals surface area contributed by atoms with Crippen molar-refractivity contribution in [1.82, 2.24) is 5.32 Å². The third kappa shape index (κ3) is 5.40. The Morgan fingerprint density at radius 2 is 1.96 bits per heavy atom. The fourth-order valence-corrected chi connectivity index (χ4v) is 2.56. The van der Waals surface area contributed by atoms with Crippen molar-refractivity contribution in [3.8, 4) is 0 Å². The summed E-state index contributed by atoms with van der Waals surface area (Å²) in [6.45, 7) is 0.633. The van der Waals surface area contributed by atoms with Crippen LogP contribution >= 0.6 is 15.9 Å². The maximum atomic E-state index is 14.4. The van der Waals surface area contributed by atoms with Crippen LogP contribution in [0.3, 0.4) is 0 Å². The number of amides is 1. The van der Waals surface area contributed by atoms with Gasteiger partial charge in [-0.15, -0.1) is 0 Å². The summed E-state index contributed by atoms with van der Waals surface area (Å²) < 4.78 is 25.1. The molecule has 0 saturated carbocycles. The van der Waals surface area contributed by atoms with E-state index in [0.29, 0.717) is 23.2 Å². The molecule has 0 saturated heterocycles. The SMILES string of the molecule is COCCOCC(=O)NC(c1ccccc1)c1ccc(Br)cc1F. The van der Waals surface area contributed by atoms with E-state index >= 15 is 0 Å². The predicted molar refractivity (Wildman–Crippen MR) is 93.2 cm³/mol. The Morgan fingerprint density at radius 1 is 1.21 bits per heavy atom. The van der Waals surface area contributed by atoms with Crippen LogP contribution in [0.2, 0.25) is 0 Å². The highest BCUT2D eigenvalue weighted by atomic mass is 79.9. The Balaban J connectivity index is 2.16. The van der Waals surface area contributed by atoms with Crippen LogP contribution in [0, 0.1) is 5.82 Å². The fourth-order valence-electron chi connectivity index (χ4n) is 2.23. The molecule has 0 aliphatic rings. The van der Waals surface area contributed by atoms with Crippen molar-refractivity contribution in [2.45, 2.75) is 6.04 Å². The van der Waals surface area contributed by atoms with Gasteiger partial charge in [0, 0.05) is 17.1 Å². The van der Waals surface area contributed by atoms with Crippen LogP contribution in [0.1, 0.15) is 17.2 Å². The van der Waals surface area contributed by atoms with Crippen LogP contribution in [0.4, 0.5) is 4.39 Å². The van der Waals surface area contributed by atoms with Gasteiger partial charge in [-0.2, -0.15) is 0 Å². The van der Waals surface area contributed by atoms with E-state index in [1.165, 1.54) is 6.07 Å². The lowest BCUT2D eigenvalue weighted by Gasteiger charge is -2.20. The minimum absolute atomic E-state index is 0.106. The van der Waals surface area contributed by atoms with Crippen LogP contribution < -0.4 is 5.32 Å². The zero-order chi connectivity index (χ0) is 17.4. The van der Waals surface area contributed by atoms with Crippen molar-refractivity contribution in [2.24, 2.45) is 0 Å². The van der Waals surface area contributed by atoms with E-state index in [2.05, 4.69) is 21.2 Å².